The second-order valence-corrected chi connectivity index (χ2v) is 8.31. The number of nitrogens with one attached hydrogen (secondary N) is 1. The van der Waals surface area contributed by atoms with Crippen molar-refractivity contribution in [3.63, 3.8) is 0 Å². The number of allylic oxidation sites excluding steroid dienone is 5. The van der Waals surface area contributed by atoms with Crippen molar-refractivity contribution in [2.75, 3.05) is 32.1 Å². The summed E-state index contributed by atoms with van der Waals surface area (Å²) in [4.78, 5) is 20.4. The molecule has 1 aromatic carbocycles. The molecule has 1 unspecified atom stereocenters. The molecule has 0 aliphatic carbocycles. The van der Waals surface area contributed by atoms with Gasteiger partial charge in [0.1, 0.15) is 0 Å². The van der Waals surface area contributed by atoms with Crippen molar-refractivity contribution in [3.05, 3.63) is 70.4 Å². The first-order chi connectivity index (χ1) is 16.3. The van der Waals surface area contributed by atoms with Crippen molar-refractivity contribution < 1.29 is 9.13 Å². The summed E-state index contributed by atoms with van der Waals surface area (Å²) in [6.45, 7) is 7.12. The Morgan fingerprint density at radius 1 is 1.47 bits per heavy atom. The molecule has 0 amide bonds. The number of benzene rings is 1. The molecule has 7 nitrogen and oxygen atoms in total. The minimum atomic E-state index is -0.568. The van der Waals surface area contributed by atoms with Crippen LogP contribution in [-0.4, -0.2) is 42.8 Å². The van der Waals surface area contributed by atoms with Gasteiger partial charge in [0.25, 0.3) is 5.56 Å². The standard InChI is InChI=1S/C26H30FN5O2/c1-6-18(15-28)10-9-17(2)24-23(19-11-12-22(34-5)21(27)14-19)25(33)32(4)26(30-24)31(3)16-20-8-7-13-29-20/h6,9-12,14,20,29H,1,7-8,13,16H2,2-5H3/b17-9+,18-10+. The van der Waals surface area contributed by atoms with Crippen LogP contribution in [0.5, 0.6) is 5.75 Å². The maximum Gasteiger partial charge on any atom is 0.263 e. The Hall–Kier alpha value is -3.70. The zero-order chi connectivity index (χ0) is 24.8. The Morgan fingerprint density at radius 3 is 2.82 bits per heavy atom. The summed E-state index contributed by atoms with van der Waals surface area (Å²) in [6.07, 6.45) is 6.97. The highest BCUT2D eigenvalue weighted by Gasteiger charge is 2.23. The number of nitrogens with zero attached hydrogens (tertiary/aromatic N) is 4. The number of methoxy groups -OCH3 is 1. The van der Waals surface area contributed by atoms with Gasteiger partial charge in [-0.25, -0.2) is 9.37 Å². The highest BCUT2D eigenvalue weighted by atomic mass is 19.1. The second kappa shape index (κ2) is 10.9. The fraction of sp³-hybridized carbons (Fsp3) is 0.346. The Bertz CT molecular complexity index is 1230. The average Bonchev–Trinajstić information content (AvgIpc) is 3.34. The van der Waals surface area contributed by atoms with E-state index in [4.69, 9.17) is 9.72 Å². The molecule has 3 rings (SSSR count). The van der Waals surface area contributed by atoms with Gasteiger partial charge in [-0.1, -0.05) is 24.8 Å². The Morgan fingerprint density at radius 2 is 2.24 bits per heavy atom. The molecular weight excluding hydrogens is 433 g/mol. The van der Waals surface area contributed by atoms with Gasteiger partial charge in [-0.2, -0.15) is 5.26 Å². The number of rotatable bonds is 8. The van der Waals surface area contributed by atoms with Gasteiger partial charge in [-0.3, -0.25) is 9.36 Å². The molecule has 2 aromatic rings. The molecule has 1 aliphatic heterocycles. The van der Waals surface area contributed by atoms with Gasteiger partial charge in [0.05, 0.1) is 30.0 Å². The molecule has 0 bridgehead atoms. The zero-order valence-electron chi connectivity index (χ0n) is 20.1. The number of hydrogen-bond donors (Lipinski definition) is 1. The normalized spacial score (nSPS) is 16.3. The molecule has 8 heteroatoms. The van der Waals surface area contributed by atoms with E-state index in [9.17, 15) is 14.4 Å². The molecule has 1 saturated heterocycles. The summed E-state index contributed by atoms with van der Waals surface area (Å²) in [5.74, 6) is 0.0317. The van der Waals surface area contributed by atoms with Crippen LogP contribution in [0.4, 0.5) is 10.3 Å². The minimum absolute atomic E-state index is 0.0929. The topological polar surface area (TPSA) is 83.2 Å². The lowest BCUT2D eigenvalue weighted by Crippen LogP contribution is -2.39. The summed E-state index contributed by atoms with van der Waals surface area (Å²) in [5.41, 5.74) is 1.84. The van der Waals surface area contributed by atoms with Crippen LogP contribution >= 0.6 is 0 Å². The monoisotopic (exact) mass is 463 g/mol. The number of hydrogen-bond acceptors (Lipinski definition) is 6. The van der Waals surface area contributed by atoms with Crippen molar-refractivity contribution in [1.29, 1.82) is 5.26 Å². The molecule has 1 aliphatic rings. The molecule has 2 heterocycles. The van der Waals surface area contributed by atoms with Crippen molar-refractivity contribution >= 4 is 11.5 Å². The summed E-state index contributed by atoms with van der Waals surface area (Å²) in [5, 5.41) is 12.7. The molecule has 1 atom stereocenters. The second-order valence-electron chi connectivity index (χ2n) is 8.31. The number of ether oxygens (including phenoxy) is 1. The molecular formula is C26H30FN5O2. The van der Waals surface area contributed by atoms with E-state index in [0.29, 0.717) is 40.9 Å². The van der Waals surface area contributed by atoms with E-state index in [2.05, 4.69) is 11.9 Å². The third-order valence-electron chi connectivity index (χ3n) is 5.94. The first-order valence-corrected chi connectivity index (χ1v) is 11.1. The minimum Gasteiger partial charge on any atom is -0.494 e. The number of likely N-dealkylation sites (N-methyl/N-ethyl adjacent to an activating group) is 1. The Labute approximate surface area is 199 Å². The summed E-state index contributed by atoms with van der Waals surface area (Å²) in [7, 11) is 4.96. The first kappa shape index (κ1) is 24.9. The van der Waals surface area contributed by atoms with E-state index in [1.54, 1.807) is 25.3 Å². The van der Waals surface area contributed by atoms with Gasteiger partial charge in [0, 0.05) is 26.7 Å². The SMILES string of the molecule is C=C/C(C#N)=C\C=C(/C)c1nc(N(C)CC2CCCN2)n(C)c(=O)c1-c1ccc(OC)c(F)c1. The number of anilines is 1. The highest BCUT2D eigenvalue weighted by Crippen LogP contribution is 2.30. The van der Waals surface area contributed by atoms with E-state index in [1.165, 1.54) is 29.9 Å². The summed E-state index contributed by atoms with van der Waals surface area (Å²) < 4.78 is 21.1. The van der Waals surface area contributed by atoms with Gasteiger partial charge in [-0.05, 0) is 55.7 Å². The molecule has 178 valence electrons. The van der Waals surface area contributed by atoms with Crippen molar-refractivity contribution in [3.8, 4) is 22.9 Å². The van der Waals surface area contributed by atoms with Crippen LogP contribution in [0.3, 0.4) is 0 Å². The van der Waals surface area contributed by atoms with E-state index >= 15 is 0 Å². The quantitative estimate of drug-likeness (QED) is 0.473. The molecule has 0 radical (unpaired) electrons. The van der Waals surface area contributed by atoms with Crippen LogP contribution in [0.1, 0.15) is 25.5 Å². The van der Waals surface area contributed by atoms with Gasteiger partial charge in [-0.15, -0.1) is 0 Å². The van der Waals surface area contributed by atoms with Crippen molar-refractivity contribution in [1.82, 2.24) is 14.9 Å². The lowest BCUT2D eigenvalue weighted by Gasteiger charge is -2.25. The Kier molecular flexibility index (Phi) is 8.03. The van der Waals surface area contributed by atoms with Gasteiger partial charge >= 0.3 is 0 Å². The smallest absolute Gasteiger partial charge is 0.263 e. The lowest BCUT2D eigenvalue weighted by molar-refractivity contribution is 0.386. The van der Waals surface area contributed by atoms with Gasteiger partial charge < -0.3 is 15.0 Å². The van der Waals surface area contributed by atoms with Gasteiger partial charge in [0.15, 0.2) is 11.6 Å². The fourth-order valence-corrected chi connectivity index (χ4v) is 4.07. The van der Waals surface area contributed by atoms with E-state index in [-0.39, 0.29) is 16.9 Å². The number of aromatic nitrogens is 2. The first-order valence-electron chi connectivity index (χ1n) is 11.1. The molecule has 1 N–H and O–H groups in total. The molecule has 34 heavy (non-hydrogen) atoms. The van der Waals surface area contributed by atoms with Crippen LogP contribution < -0.4 is 20.5 Å². The fourth-order valence-electron chi connectivity index (χ4n) is 4.07. The highest BCUT2D eigenvalue weighted by molar-refractivity contribution is 5.79. The van der Waals surface area contributed by atoms with Crippen molar-refractivity contribution in [2.24, 2.45) is 7.05 Å². The van der Waals surface area contributed by atoms with Crippen LogP contribution in [0.15, 0.2) is 53.4 Å². The lowest BCUT2D eigenvalue weighted by atomic mass is 10.00. The third kappa shape index (κ3) is 5.26. The molecule has 1 aromatic heterocycles. The largest absolute Gasteiger partial charge is 0.494 e. The number of nitriles is 1. The predicted octanol–water partition coefficient (Wildman–Crippen LogP) is 3.82. The van der Waals surface area contributed by atoms with Crippen LogP contribution in [-0.2, 0) is 7.05 Å². The molecule has 1 fully saturated rings. The van der Waals surface area contributed by atoms with Crippen LogP contribution in [0, 0.1) is 17.1 Å². The summed E-state index contributed by atoms with van der Waals surface area (Å²) >= 11 is 0. The maximum absolute atomic E-state index is 14.5. The van der Waals surface area contributed by atoms with Crippen molar-refractivity contribution in [2.45, 2.75) is 25.8 Å². The average molecular weight is 464 g/mol. The van der Waals surface area contributed by atoms with E-state index in [1.807, 2.05) is 24.9 Å². The Balaban J connectivity index is 2.20. The maximum atomic E-state index is 14.5. The van der Waals surface area contributed by atoms with Crippen LogP contribution in [0.2, 0.25) is 0 Å². The zero-order valence-corrected chi connectivity index (χ0v) is 20.1. The van der Waals surface area contributed by atoms with Crippen LogP contribution in [0.25, 0.3) is 16.7 Å². The van der Waals surface area contributed by atoms with E-state index < -0.39 is 5.82 Å². The summed E-state index contributed by atoms with van der Waals surface area (Å²) in [6, 6.07) is 6.78. The number of halogens is 1. The van der Waals surface area contributed by atoms with E-state index in [0.717, 1.165) is 19.4 Å². The molecule has 0 spiro atoms. The molecule has 0 saturated carbocycles. The van der Waals surface area contributed by atoms with Gasteiger partial charge in [0.2, 0.25) is 5.95 Å². The third-order valence-corrected chi connectivity index (χ3v) is 5.94. The predicted molar refractivity (Wildman–Crippen MR) is 133 cm³/mol.